The quantitative estimate of drug-likeness (QED) is 0.661. The fourth-order valence-corrected chi connectivity index (χ4v) is 2.68. The van der Waals surface area contributed by atoms with Gasteiger partial charge in [-0.25, -0.2) is 0 Å². The molecular weight excluding hydrogens is 352 g/mol. The van der Waals surface area contributed by atoms with Gasteiger partial charge in [0.05, 0.1) is 36.2 Å². The van der Waals surface area contributed by atoms with Crippen LogP contribution in [0.1, 0.15) is 21.5 Å². The van der Waals surface area contributed by atoms with E-state index < -0.39 is 0 Å². The van der Waals surface area contributed by atoms with Crippen molar-refractivity contribution >= 4 is 17.3 Å². The Hall–Kier alpha value is -3.85. The van der Waals surface area contributed by atoms with Crippen molar-refractivity contribution in [3.8, 4) is 11.8 Å². The molecule has 0 saturated heterocycles. The van der Waals surface area contributed by atoms with Crippen LogP contribution in [0.15, 0.2) is 67.0 Å². The third kappa shape index (κ3) is 5.08. The number of hydrogen-bond acceptors (Lipinski definition) is 5. The summed E-state index contributed by atoms with van der Waals surface area (Å²) in [7, 11) is 1.63. The van der Waals surface area contributed by atoms with Gasteiger partial charge >= 0.3 is 0 Å². The Kier molecular flexibility index (Phi) is 6.21. The summed E-state index contributed by atoms with van der Waals surface area (Å²) in [6.45, 7) is 0.521. The average Bonchev–Trinajstić information content (AvgIpc) is 2.74. The number of hydrogen-bond donors (Lipinski definition) is 2. The molecule has 2 N–H and O–H groups in total. The topological polar surface area (TPSA) is 87.0 Å². The van der Waals surface area contributed by atoms with Crippen LogP contribution in [0.5, 0.6) is 5.75 Å². The number of pyridine rings is 1. The van der Waals surface area contributed by atoms with Gasteiger partial charge in [0.15, 0.2) is 0 Å². The number of nitrogens with zero attached hydrogens (tertiary/aromatic N) is 2. The first-order valence-electron chi connectivity index (χ1n) is 8.81. The van der Waals surface area contributed by atoms with Crippen molar-refractivity contribution in [3.63, 3.8) is 0 Å². The van der Waals surface area contributed by atoms with E-state index in [9.17, 15) is 4.79 Å². The lowest BCUT2D eigenvalue weighted by Crippen LogP contribution is -2.25. The molecule has 3 rings (SSSR count). The molecule has 0 fully saturated rings. The zero-order chi connectivity index (χ0) is 19.8. The number of anilines is 2. The van der Waals surface area contributed by atoms with Crippen LogP contribution in [-0.2, 0) is 6.42 Å². The van der Waals surface area contributed by atoms with Crippen LogP contribution < -0.4 is 15.4 Å². The van der Waals surface area contributed by atoms with Crippen molar-refractivity contribution < 1.29 is 9.53 Å². The fourth-order valence-electron chi connectivity index (χ4n) is 2.68. The average molecular weight is 372 g/mol. The number of rotatable bonds is 7. The molecule has 2 aromatic carbocycles. The van der Waals surface area contributed by atoms with Gasteiger partial charge in [-0.1, -0.05) is 18.2 Å². The van der Waals surface area contributed by atoms with Crippen molar-refractivity contribution in [3.05, 3.63) is 83.7 Å². The Morgan fingerprint density at radius 2 is 1.93 bits per heavy atom. The minimum absolute atomic E-state index is 0.185. The molecule has 0 saturated carbocycles. The first-order chi connectivity index (χ1) is 13.7. The molecule has 0 spiro atoms. The normalized spacial score (nSPS) is 10.0. The maximum Gasteiger partial charge on any atom is 0.252 e. The van der Waals surface area contributed by atoms with Gasteiger partial charge in [-0.15, -0.1) is 0 Å². The van der Waals surface area contributed by atoms with E-state index in [1.54, 1.807) is 37.6 Å². The monoisotopic (exact) mass is 372 g/mol. The van der Waals surface area contributed by atoms with E-state index >= 15 is 0 Å². The van der Waals surface area contributed by atoms with Crippen LogP contribution in [0, 0.1) is 11.3 Å². The summed E-state index contributed by atoms with van der Waals surface area (Å²) in [6, 6.07) is 18.7. The van der Waals surface area contributed by atoms with Crippen LogP contribution in [0.25, 0.3) is 0 Å². The van der Waals surface area contributed by atoms with E-state index in [0.29, 0.717) is 23.4 Å². The van der Waals surface area contributed by atoms with Crippen molar-refractivity contribution in [2.75, 3.05) is 19.0 Å². The smallest absolute Gasteiger partial charge is 0.252 e. The number of amides is 1. The Morgan fingerprint density at radius 1 is 1.11 bits per heavy atom. The van der Waals surface area contributed by atoms with E-state index in [2.05, 4.69) is 21.7 Å². The highest BCUT2D eigenvalue weighted by Gasteiger charge is 2.07. The number of carbonyl (C=O) groups is 1. The van der Waals surface area contributed by atoms with Gasteiger partial charge in [-0.2, -0.15) is 5.26 Å². The molecule has 3 aromatic rings. The van der Waals surface area contributed by atoms with Gasteiger partial charge in [0, 0.05) is 18.4 Å². The molecule has 0 bridgehead atoms. The molecule has 0 radical (unpaired) electrons. The second-order valence-corrected chi connectivity index (χ2v) is 6.13. The SMILES string of the molecule is COc1ccc(CCNC(=O)c2cncc(Nc3cccc(C#N)c3)c2)cc1. The summed E-state index contributed by atoms with van der Waals surface area (Å²) in [5.41, 5.74) is 3.59. The third-order valence-electron chi connectivity index (χ3n) is 4.14. The van der Waals surface area contributed by atoms with Gasteiger partial charge in [0.1, 0.15) is 5.75 Å². The lowest BCUT2D eigenvalue weighted by atomic mass is 10.1. The maximum atomic E-state index is 12.4. The lowest BCUT2D eigenvalue weighted by molar-refractivity contribution is 0.0954. The van der Waals surface area contributed by atoms with Crippen molar-refractivity contribution in [2.45, 2.75) is 6.42 Å². The first kappa shape index (κ1) is 18.9. The highest BCUT2D eigenvalue weighted by Crippen LogP contribution is 2.18. The Labute approximate surface area is 163 Å². The van der Waals surface area contributed by atoms with E-state index in [1.807, 2.05) is 30.3 Å². The standard InChI is InChI=1S/C22H20N4O2/c1-28-21-7-5-16(6-8-21)9-10-25-22(27)18-12-20(15-24-14-18)26-19-4-2-3-17(11-19)13-23/h2-8,11-12,14-15,26H,9-10H2,1H3,(H,25,27). The molecule has 0 aliphatic carbocycles. The number of carbonyl (C=O) groups excluding carboxylic acids is 1. The predicted molar refractivity (Wildman–Crippen MR) is 108 cm³/mol. The number of nitrogens with one attached hydrogen (secondary N) is 2. The largest absolute Gasteiger partial charge is 0.497 e. The van der Waals surface area contributed by atoms with Crippen LogP contribution >= 0.6 is 0 Å². The van der Waals surface area contributed by atoms with E-state index in [1.165, 1.54) is 6.20 Å². The molecular formula is C22H20N4O2. The molecule has 0 atom stereocenters. The molecule has 0 aliphatic rings. The molecule has 1 amide bonds. The van der Waals surface area contributed by atoms with E-state index in [-0.39, 0.29) is 5.91 Å². The molecule has 140 valence electrons. The van der Waals surface area contributed by atoms with Crippen molar-refractivity contribution in [1.29, 1.82) is 5.26 Å². The number of aromatic nitrogens is 1. The van der Waals surface area contributed by atoms with Gasteiger partial charge < -0.3 is 15.4 Å². The van der Waals surface area contributed by atoms with Crippen molar-refractivity contribution in [1.82, 2.24) is 10.3 Å². The van der Waals surface area contributed by atoms with E-state index in [4.69, 9.17) is 10.00 Å². The maximum absolute atomic E-state index is 12.4. The predicted octanol–water partition coefficient (Wildman–Crippen LogP) is 3.68. The molecule has 0 unspecified atom stereocenters. The molecule has 0 aliphatic heterocycles. The summed E-state index contributed by atoms with van der Waals surface area (Å²) in [6.07, 6.45) is 3.88. The minimum atomic E-state index is -0.185. The second kappa shape index (κ2) is 9.19. The summed E-state index contributed by atoms with van der Waals surface area (Å²) in [5, 5.41) is 15.1. The minimum Gasteiger partial charge on any atom is -0.497 e. The summed E-state index contributed by atoms with van der Waals surface area (Å²) in [4.78, 5) is 16.5. The van der Waals surface area contributed by atoms with Gasteiger partial charge in [0.25, 0.3) is 5.91 Å². The van der Waals surface area contributed by atoms with E-state index in [0.717, 1.165) is 23.4 Å². The Morgan fingerprint density at radius 3 is 2.68 bits per heavy atom. The number of nitriles is 1. The van der Waals surface area contributed by atoms with Crippen LogP contribution in [0.2, 0.25) is 0 Å². The van der Waals surface area contributed by atoms with Gasteiger partial charge in [-0.3, -0.25) is 9.78 Å². The van der Waals surface area contributed by atoms with Crippen LogP contribution in [-0.4, -0.2) is 24.5 Å². The highest BCUT2D eigenvalue weighted by atomic mass is 16.5. The molecule has 1 aromatic heterocycles. The Bertz CT molecular complexity index is 994. The molecule has 6 nitrogen and oxygen atoms in total. The summed E-state index contributed by atoms with van der Waals surface area (Å²) in [5.74, 6) is 0.624. The number of ether oxygens (including phenoxy) is 1. The van der Waals surface area contributed by atoms with Crippen LogP contribution in [0.3, 0.4) is 0 Å². The number of benzene rings is 2. The molecule has 6 heteroatoms. The zero-order valence-electron chi connectivity index (χ0n) is 15.5. The zero-order valence-corrected chi connectivity index (χ0v) is 15.5. The second-order valence-electron chi connectivity index (χ2n) is 6.13. The summed E-state index contributed by atoms with van der Waals surface area (Å²) >= 11 is 0. The molecule has 28 heavy (non-hydrogen) atoms. The van der Waals surface area contributed by atoms with Gasteiger partial charge in [0.2, 0.25) is 0 Å². The highest BCUT2D eigenvalue weighted by molar-refractivity contribution is 5.94. The van der Waals surface area contributed by atoms with Gasteiger partial charge in [-0.05, 0) is 48.4 Å². The van der Waals surface area contributed by atoms with Crippen molar-refractivity contribution in [2.24, 2.45) is 0 Å². The lowest BCUT2D eigenvalue weighted by Gasteiger charge is -2.09. The summed E-state index contributed by atoms with van der Waals surface area (Å²) < 4.78 is 5.14. The fraction of sp³-hybridized carbons (Fsp3) is 0.136. The molecule has 1 heterocycles. The first-order valence-corrected chi connectivity index (χ1v) is 8.81. The van der Waals surface area contributed by atoms with Crippen LogP contribution in [0.4, 0.5) is 11.4 Å². The Balaban J connectivity index is 1.57. The third-order valence-corrected chi connectivity index (χ3v) is 4.14. The number of methoxy groups -OCH3 is 1.